The van der Waals surface area contributed by atoms with E-state index in [0.29, 0.717) is 37.0 Å². The Hall–Kier alpha value is -1.07. The zero-order valence-electron chi connectivity index (χ0n) is 25.9. The fourth-order valence-electron chi connectivity index (χ4n) is 9.50. The van der Waals surface area contributed by atoms with E-state index in [9.17, 15) is 4.79 Å². The van der Waals surface area contributed by atoms with Gasteiger partial charge in [-0.15, -0.1) is 0 Å². The molecule has 1 amide bonds. The van der Waals surface area contributed by atoms with Gasteiger partial charge in [0.2, 0.25) is 0 Å². The molecule has 0 aromatic rings. The van der Waals surface area contributed by atoms with Gasteiger partial charge < -0.3 is 21.1 Å². The minimum atomic E-state index is -0.151. The molecule has 4 rings (SSSR count). The van der Waals surface area contributed by atoms with Gasteiger partial charge >= 0.3 is 6.09 Å². The average Bonchev–Trinajstić information content (AvgIpc) is 3.24. The van der Waals surface area contributed by atoms with Gasteiger partial charge in [-0.1, -0.05) is 58.6 Å². The summed E-state index contributed by atoms with van der Waals surface area (Å²) >= 11 is 0. The Kier molecular flexibility index (Phi) is 10.9. The monoisotopic (exact) mass is 543 g/mol. The number of carbonyl (C=O) groups is 1. The van der Waals surface area contributed by atoms with Gasteiger partial charge in [0, 0.05) is 19.5 Å². The van der Waals surface area contributed by atoms with E-state index in [4.69, 9.17) is 16.2 Å². The Morgan fingerprint density at radius 2 is 1.74 bits per heavy atom. The van der Waals surface area contributed by atoms with Crippen LogP contribution in [0.5, 0.6) is 0 Å². The first-order valence-corrected chi connectivity index (χ1v) is 16.8. The summed E-state index contributed by atoms with van der Waals surface area (Å²) in [4.78, 5) is 15.0. The van der Waals surface area contributed by atoms with Crippen LogP contribution in [0.25, 0.3) is 0 Å². The van der Waals surface area contributed by atoms with E-state index < -0.39 is 0 Å². The highest BCUT2D eigenvalue weighted by molar-refractivity contribution is 5.67. The summed E-state index contributed by atoms with van der Waals surface area (Å²) in [5.41, 5.74) is 13.9. The topological polar surface area (TPSA) is 81.6 Å². The molecule has 0 bridgehead atoms. The van der Waals surface area contributed by atoms with Crippen LogP contribution >= 0.6 is 0 Å². The Morgan fingerprint density at radius 1 is 0.974 bits per heavy atom. The average molecular weight is 544 g/mol. The third kappa shape index (κ3) is 6.88. The Morgan fingerprint density at radius 3 is 2.49 bits per heavy atom. The number of nitrogens with two attached hydrogens (primary N) is 2. The van der Waals surface area contributed by atoms with Crippen molar-refractivity contribution in [2.24, 2.45) is 51.9 Å². The maximum Gasteiger partial charge on any atom is 0.410 e. The number of fused-ring (bicyclic) bond motifs is 5. The normalized spacial score (nSPS) is 35.7. The van der Waals surface area contributed by atoms with Crippen molar-refractivity contribution in [3.63, 3.8) is 0 Å². The molecule has 4 aliphatic carbocycles. The van der Waals surface area contributed by atoms with E-state index in [-0.39, 0.29) is 12.2 Å². The molecule has 224 valence electrons. The number of ether oxygens (including phenoxy) is 1. The van der Waals surface area contributed by atoms with Gasteiger partial charge in [0.25, 0.3) is 0 Å². The lowest BCUT2D eigenvalue weighted by Gasteiger charge is -2.58. The van der Waals surface area contributed by atoms with Gasteiger partial charge in [0.1, 0.15) is 6.10 Å². The van der Waals surface area contributed by atoms with Crippen molar-refractivity contribution in [3.05, 3.63) is 11.6 Å². The third-order valence-electron chi connectivity index (χ3n) is 11.9. The van der Waals surface area contributed by atoms with E-state index in [2.05, 4.69) is 33.8 Å². The number of carbonyl (C=O) groups excluding carboxylic acids is 1. The highest BCUT2D eigenvalue weighted by Crippen LogP contribution is 2.66. The highest BCUT2D eigenvalue weighted by atomic mass is 16.6. The van der Waals surface area contributed by atoms with Gasteiger partial charge in [-0.3, -0.25) is 0 Å². The number of allylic oxidation sites excluding steroid dienone is 1. The van der Waals surface area contributed by atoms with Crippen molar-refractivity contribution < 1.29 is 9.53 Å². The van der Waals surface area contributed by atoms with E-state index >= 15 is 0 Å². The number of unbranched alkanes of at least 4 members (excludes halogenated alkanes) is 2. The summed E-state index contributed by atoms with van der Waals surface area (Å²) in [7, 11) is 0. The molecule has 3 fully saturated rings. The molecular formula is C34H61N3O2. The van der Waals surface area contributed by atoms with Crippen LogP contribution in [0.15, 0.2) is 11.6 Å². The van der Waals surface area contributed by atoms with Crippen molar-refractivity contribution in [1.82, 2.24) is 4.90 Å². The van der Waals surface area contributed by atoms with E-state index in [1.165, 1.54) is 57.8 Å². The molecule has 0 aromatic carbocycles. The molecule has 0 aromatic heterocycles. The Balaban J connectivity index is 1.36. The second-order valence-electron chi connectivity index (χ2n) is 14.6. The maximum absolute atomic E-state index is 13.1. The molecule has 0 aliphatic heterocycles. The molecule has 0 radical (unpaired) electrons. The minimum Gasteiger partial charge on any atom is -0.446 e. The van der Waals surface area contributed by atoms with Crippen LogP contribution in [0.1, 0.15) is 124 Å². The molecule has 0 heterocycles. The lowest BCUT2D eigenvalue weighted by molar-refractivity contribution is -0.0534. The van der Waals surface area contributed by atoms with Gasteiger partial charge in [-0.2, -0.15) is 0 Å². The van der Waals surface area contributed by atoms with Crippen LogP contribution in [0, 0.1) is 40.4 Å². The van der Waals surface area contributed by atoms with Gasteiger partial charge in [-0.05, 0) is 124 Å². The second-order valence-corrected chi connectivity index (χ2v) is 14.6. The van der Waals surface area contributed by atoms with Crippen LogP contribution in [0.3, 0.4) is 0 Å². The lowest BCUT2D eigenvalue weighted by Crippen LogP contribution is -2.50. The molecular weight excluding hydrogens is 482 g/mol. The van der Waals surface area contributed by atoms with Crippen LogP contribution in [-0.4, -0.2) is 43.3 Å². The van der Waals surface area contributed by atoms with E-state index in [0.717, 1.165) is 68.1 Å². The Labute approximate surface area is 240 Å². The zero-order chi connectivity index (χ0) is 28.0. The number of rotatable bonds is 13. The number of nitrogens with zero attached hydrogens (tertiary/aromatic N) is 1. The van der Waals surface area contributed by atoms with Crippen molar-refractivity contribution >= 4 is 6.09 Å². The minimum absolute atomic E-state index is 0.0128. The number of hydrogen-bond acceptors (Lipinski definition) is 4. The molecule has 4 aliphatic rings. The zero-order valence-corrected chi connectivity index (χ0v) is 25.9. The number of hydrogen-bond donors (Lipinski definition) is 2. The van der Waals surface area contributed by atoms with Crippen LogP contribution in [-0.2, 0) is 4.74 Å². The first-order valence-electron chi connectivity index (χ1n) is 16.8. The SMILES string of the molecule is CC(C)CCCCC1CCC2C3CC=C4CC(OC(=O)N(CCCN)CCCCN)CCC4(C)C3CCC12C. The predicted molar refractivity (Wildman–Crippen MR) is 162 cm³/mol. The fraction of sp³-hybridized carbons (Fsp3) is 0.912. The third-order valence-corrected chi connectivity index (χ3v) is 11.9. The molecule has 5 nitrogen and oxygen atoms in total. The first-order chi connectivity index (χ1) is 18.7. The summed E-state index contributed by atoms with van der Waals surface area (Å²) in [6.07, 6.45) is 20.9. The molecule has 7 unspecified atom stereocenters. The maximum atomic E-state index is 13.1. The largest absolute Gasteiger partial charge is 0.446 e. The fourth-order valence-corrected chi connectivity index (χ4v) is 9.50. The molecule has 39 heavy (non-hydrogen) atoms. The molecule has 3 saturated carbocycles. The van der Waals surface area contributed by atoms with Gasteiger partial charge in [-0.25, -0.2) is 4.79 Å². The second kappa shape index (κ2) is 13.7. The standard InChI is InChI=1S/C34H61N3O2/c1-25(2)10-5-6-11-26-13-15-30-29-14-12-27-24-28(16-18-34(27,4)31(29)17-19-33(26,30)3)39-32(38)37(23-9-21-36)22-8-7-20-35/h12,25-26,28-31H,5-11,13-24,35-36H2,1-4H3. The van der Waals surface area contributed by atoms with Gasteiger partial charge in [0.15, 0.2) is 0 Å². The predicted octanol–water partition coefficient (Wildman–Crippen LogP) is 7.68. The smallest absolute Gasteiger partial charge is 0.410 e. The lowest BCUT2D eigenvalue weighted by atomic mass is 9.47. The van der Waals surface area contributed by atoms with Crippen LogP contribution in [0.2, 0.25) is 0 Å². The van der Waals surface area contributed by atoms with Crippen molar-refractivity contribution in [1.29, 1.82) is 0 Å². The first kappa shape index (κ1) is 30.9. The summed E-state index contributed by atoms with van der Waals surface area (Å²) in [6, 6.07) is 0. The van der Waals surface area contributed by atoms with Gasteiger partial charge in [0.05, 0.1) is 0 Å². The summed E-state index contributed by atoms with van der Waals surface area (Å²) < 4.78 is 6.15. The quantitative estimate of drug-likeness (QED) is 0.184. The Bertz CT molecular complexity index is 827. The molecule has 7 atom stereocenters. The molecule has 5 heteroatoms. The van der Waals surface area contributed by atoms with Crippen molar-refractivity contribution in [3.8, 4) is 0 Å². The molecule has 0 spiro atoms. The summed E-state index contributed by atoms with van der Waals surface area (Å²) in [5, 5.41) is 0. The molecule has 4 N–H and O–H groups in total. The van der Waals surface area contributed by atoms with E-state index in [1.807, 2.05) is 4.90 Å². The molecule has 0 saturated heterocycles. The number of amides is 1. The summed E-state index contributed by atoms with van der Waals surface area (Å²) in [6.45, 7) is 12.6. The van der Waals surface area contributed by atoms with Crippen molar-refractivity contribution in [2.75, 3.05) is 26.2 Å². The highest BCUT2D eigenvalue weighted by Gasteiger charge is 2.58. The van der Waals surface area contributed by atoms with E-state index in [1.54, 1.807) is 5.57 Å². The van der Waals surface area contributed by atoms with Crippen LogP contribution < -0.4 is 11.5 Å². The summed E-state index contributed by atoms with van der Waals surface area (Å²) in [5.74, 6) is 4.35. The van der Waals surface area contributed by atoms with Crippen molar-refractivity contribution in [2.45, 2.75) is 130 Å². The van der Waals surface area contributed by atoms with Crippen LogP contribution in [0.4, 0.5) is 4.79 Å².